The minimum atomic E-state index is -0.148. The summed E-state index contributed by atoms with van der Waals surface area (Å²) in [5, 5.41) is 2.88. The lowest BCUT2D eigenvalue weighted by atomic mass is 10.1. The van der Waals surface area contributed by atoms with Gasteiger partial charge in [-0.2, -0.15) is 0 Å². The third-order valence-electron chi connectivity index (χ3n) is 3.44. The number of carbonyl (C=O) groups is 2. The summed E-state index contributed by atoms with van der Waals surface area (Å²) < 4.78 is 0. The number of unbranched alkanes of at least 4 members (excludes halogenated alkanes) is 1. The Morgan fingerprint density at radius 1 is 1.25 bits per heavy atom. The highest BCUT2D eigenvalue weighted by molar-refractivity contribution is 5.95. The second-order valence-corrected chi connectivity index (χ2v) is 5.09. The van der Waals surface area contributed by atoms with Crippen LogP contribution in [0.1, 0.15) is 37.8 Å². The minimum Gasteiger partial charge on any atom is -0.334 e. The van der Waals surface area contributed by atoms with E-state index in [1.165, 1.54) is 6.92 Å². The van der Waals surface area contributed by atoms with Crippen molar-refractivity contribution >= 4 is 17.5 Å². The normalized spacial score (nSPS) is 10.2. The van der Waals surface area contributed by atoms with E-state index in [-0.39, 0.29) is 18.4 Å². The molecule has 0 fully saturated rings. The number of hydrogen-bond acceptors (Lipinski definition) is 2. The second-order valence-electron chi connectivity index (χ2n) is 5.09. The highest BCUT2D eigenvalue weighted by atomic mass is 16.2. The molecular formula is C16H24N2O2. The minimum absolute atomic E-state index is 0.0606. The van der Waals surface area contributed by atoms with Gasteiger partial charge >= 0.3 is 0 Å². The maximum absolute atomic E-state index is 12.0. The summed E-state index contributed by atoms with van der Waals surface area (Å²) in [4.78, 5) is 25.1. The van der Waals surface area contributed by atoms with Gasteiger partial charge in [-0.25, -0.2) is 0 Å². The lowest BCUT2D eigenvalue weighted by molar-refractivity contribution is -0.132. The van der Waals surface area contributed by atoms with Crippen LogP contribution in [-0.2, 0) is 9.59 Å². The quantitative estimate of drug-likeness (QED) is 0.868. The molecule has 0 saturated carbocycles. The fraction of sp³-hybridized carbons (Fsp3) is 0.500. The predicted octanol–water partition coefficient (Wildman–Crippen LogP) is 2.89. The number of rotatable bonds is 6. The number of hydrogen-bond donors (Lipinski definition) is 1. The Morgan fingerprint density at radius 3 is 2.55 bits per heavy atom. The van der Waals surface area contributed by atoms with E-state index >= 15 is 0 Å². The van der Waals surface area contributed by atoms with Crippen molar-refractivity contribution in [1.82, 2.24) is 4.90 Å². The molecule has 0 aliphatic carbocycles. The Bertz CT molecular complexity index is 483. The van der Waals surface area contributed by atoms with E-state index in [0.717, 1.165) is 29.7 Å². The molecule has 110 valence electrons. The fourth-order valence-electron chi connectivity index (χ4n) is 1.95. The van der Waals surface area contributed by atoms with Crippen molar-refractivity contribution in [2.45, 2.75) is 40.5 Å². The van der Waals surface area contributed by atoms with Gasteiger partial charge in [0.15, 0.2) is 0 Å². The average molecular weight is 276 g/mol. The zero-order valence-electron chi connectivity index (χ0n) is 12.8. The van der Waals surface area contributed by atoms with Crippen molar-refractivity contribution in [3.8, 4) is 0 Å². The molecule has 0 heterocycles. The van der Waals surface area contributed by atoms with Crippen LogP contribution in [0.3, 0.4) is 0 Å². The Hall–Kier alpha value is -1.84. The maximum atomic E-state index is 12.0. The van der Waals surface area contributed by atoms with Crippen molar-refractivity contribution in [3.63, 3.8) is 0 Å². The summed E-state index contributed by atoms with van der Waals surface area (Å²) in [6, 6.07) is 5.80. The van der Waals surface area contributed by atoms with E-state index in [4.69, 9.17) is 0 Å². The first kappa shape index (κ1) is 16.2. The zero-order chi connectivity index (χ0) is 15.1. The van der Waals surface area contributed by atoms with Crippen LogP contribution < -0.4 is 5.32 Å². The lowest BCUT2D eigenvalue weighted by Gasteiger charge is -2.20. The van der Waals surface area contributed by atoms with E-state index in [1.54, 1.807) is 4.90 Å². The summed E-state index contributed by atoms with van der Waals surface area (Å²) in [6.07, 6.45) is 1.92. The van der Waals surface area contributed by atoms with Gasteiger partial charge in [0.2, 0.25) is 11.8 Å². The van der Waals surface area contributed by atoms with Crippen LogP contribution in [-0.4, -0.2) is 29.8 Å². The molecule has 4 heteroatoms. The number of anilines is 1. The second kappa shape index (κ2) is 7.68. The molecule has 1 N–H and O–H groups in total. The Balaban J connectivity index is 2.66. The first-order valence-electron chi connectivity index (χ1n) is 7.07. The molecule has 0 spiro atoms. The predicted molar refractivity (Wildman–Crippen MR) is 81.7 cm³/mol. The summed E-state index contributed by atoms with van der Waals surface area (Å²) in [7, 11) is 0. The molecule has 0 aliphatic rings. The van der Waals surface area contributed by atoms with Crippen LogP contribution in [0, 0.1) is 13.8 Å². The van der Waals surface area contributed by atoms with E-state index in [0.29, 0.717) is 6.54 Å². The molecule has 0 unspecified atom stereocenters. The van der Waals surface area contributed by atoms with E-state index < -0.39 is 0 Å². The average Bonchev–Trinajstić information content (AvgIpc) is 2.39. The van der Waals surface area contributed by atoms with Gasteiger partial charge in [-0.3, -0.25) is 9.59 Å². The van der Waals surface area contributed by atoms with Gasteiger partial charge in [-0.05, 0) is 37.5 Å². The number of carbonyl (C=O) groups excluding carboxylic acids is 2. The number of amides is 2. The van der Waals surface area contributed by atoms with Crippen LogP contribution in [0.25, 0.3) is 0 Å². The number of benzene rings is 1. The monoisotopic (exact) mass is 276 g/mol. The highest BCUT2D eigenvalue weighted by Gasteiger charge is 2.13. The van der Waals surface area contributed by atoms with Crippen LogP contribution in [0.2, 0.25) is 0 Å². The van der Waals surface area contributed by atoms with Crippen molar-refractivity contribution in [2.24, 2.45) is 0 Å². The summed E-state index contributed by atoms with van der Waals surface area (Å²) in [6.45, 7) is 8.29. The van der Waals surface area contributed by atoms with Gasteiger partial charge in [0.25, 0.3) is 0 Å². The van der Waals surface area contributed by atoms with Crippen LogP contribution in [0.4, 0.5) is 5.69 Å². The molecule has 0 saturated heterocycles. The van der Waals surface area contributed by atoms with Crippen molar-refractivity contribution in [1.29, 1.82) is 0 Å². The van der Waals surface area contributed by atoms with Crippen LogP contribution in [0.15, 0.2) is 18.2 Å². The van der Waals surface area contributed by atoms with Gasteiger partial charge in [-0.1, -0.05) is 25.5 Å². The van der Waals surface area contributed by atoms with E-state index in [1.807, 2.05) is 32.0 Å². The summed E-state index contributed by atoms with van der Waals surface area (Å²) >= 11 is 0. The third kappa shape index (κ3) is 4.68. The smallest absolute Gasteiger partial charge is 0.244 e. The van der Waals surface area contributed by atoms with Gasteiger partial charge < -0.3 is 10.2 Å². The third-order valence-corrected chi connectivity index (χ3v) is 3.44. The van der Waals surface area contributed by atoms with E-state index in [9.17, 15) is 9.59 Å². The Kier molecular flexibility index (Phi) is 6.22. The van der Waals surface area contributed by atoms with Crippen LogP contribution in [0.5, 0.6) is 0 Å². The molecule has 0 bridgehead atoms. The SMILES string of the molecule is CCCCN(CC(=O)Nc1cccc(C)c1C)C(C)=O. The van der Waals surface area contributed by atoms with Gasteiger partial charge in [0, 0.05) is 19.2 Å². The largest absolute Gasteiger partial charge is 0.334 e. The number of nitrogens with zero attached hydrogens (tertiary/aromatic N) is 1. The fourth-order valence-corrected chi connectivity index (χ4v) is 1.95. The van der Waals surface area contributed by atoms with Crippen LogP contribution >= 0.6 is 0 Å². The zero-order valence-corrected chi connectivity index (χ0v) is 12.8. The maximum Gasteiger partial charge on any atom is 0.244 e. The number of nitrogens with one attached hydrogen (secondary N) is 1. The standard InChI is InChI=1S/C16H24N2O2/c1-5-6-10-18(14(4)19)11-16(20)17-15-9-7-8-12(2)13(15)3/h7-9H,5-6,10-11H2,1-4H3,(H,17,20). The molecule has 0 atom stereocenters. The molecule has 0 aliphatic heterocycles. The summed E-state index contributed by atoms with van der Waals surface area (Å²) in [5.41, 5.74) is 3.01. The molecule has 2 amide bonds. The van der Waals surface area contributed by atoms with Crippen molar-refractivity contribution in [3.05, 3.63) is 29.3 Å². The van der Waals surface area contributed by atoms with Crippen molar-refractivity contribution < 1.29 is 9.59 Å². The first-order chi connectivity index (χ1) is 9.45. The number of aryl methyl sites for hydroxylation is 1. The van der Waals surface area contributed by atoms with Crippen molar-refractivity contribution in [2.75, 3.05) is 18.4 Å². The molecule has 0 aromatic heterocycles. The highest BCUT2D eigenvalue weighted by Crippen LogP contribution is 2.17. The summed E-state index contributed by atoms with van der Waals surface area (Å²) in [5.74, 6) is -0.209. The van der Waals surface area contributed by atoms with E-state index in [2.05, 4.69) is 12.2 Å². The lowest BCUT2D eigenvalue weighted by Crippen LogP contribution is -2.37. The molecule has 4 nitrogen and oxygen atoms in total. The molecule has 1 aromatic rings. The van der Waals surface area contributed by atoms with Gasteiger partial charge in [-0.15, -0.1) is 0 Å². The molecule has 20 heavy (non-hydrogen) atoms. The molecule has 1 rings (SSSR count). The Morgan fingerprint density at radius 2 is 1.95 bits per heavy atom. The molecule has 0 radical (unpaired) electrons. The topological polar surface area (TPSA) is 49.4 Å². The first-order valence-corrected chi connectivity index (χ1v) is 7.07. The molecular weight excluding hydrogens is 252 g/mol. The van der Waals surface area contributed by atoms with Gasteiger partial charge in [0.1, 0.15) is 0 Å². The molecule has 1 aromatic carbocycles. The Labute approximate surface area is 121 Å². The van der Waals surface area contributed by atoms with Gasteiger partial charge in [0.05, 0.1) is 6.54 Å².